The number of aliphatic hydroxyl groups excluding tert-OH is 2. The molecule has 0 saturated carbocycles. The van der Waals surface area contributed by atoms with E-state index in [4.69, 9.17) is 10.2 Å². The second kappa shape index (κ2) is 6.16. The molecule has 0 unspecified atom stereocenters. The summed E-state index contributed by atoms with van der Waals surface area (Å²) in [4.78, 5) is 9.96. The molecule has 0 bridgehead atoms. The van der Waals surface area contributed by atoms with Crippen LogP contribution >= 0.6 is 0 Å². The highest BCUT2D eigenvalue weighted by atomic mass is 16.6. The molecule has 0 aromatic heterocycles. The summed E-state index contributed by atoms with van der Waals surface area (Å²) >= 11 is 0. The molecule has 88 valence electrons. The van der Waals surface area contributed by atoms with Gasteiger partial charge in [-0.25, -0.2) is 0 Å². The number of hydrogen-bond donors (Lipinski definition) is 3. The standard InChI is InChI=1S/C10H14N2O4/c13-6-9(7-14)11-5-8-1-3-10(4-2-8)12(15)16/h1-4,9,11,13-14H,5-7H2/p+1. The van der Waals surface area contributed by atoms with E-state index in [1.54, 1.807) is 17.4 Å². The van der Waals surface area contributed by atoms with E-state index in [9.17, 15) is 10.1 Å². The summed E-state index contributed by atoms with van der Waals surface area (Å²) in [6.45, 7) is 0.386. The van der Waals surface area contributed by atoms with Crippen LogP contribution in [0.2, 0.25) is 0 Å². The minimum absolute atomic E-state index is 0.0598. The molecule has 6 nitrogen and oxygen atoms in total. The highest BCUT2D eigenvalue weighted by molar-refractivity contribution is 5.32. The van der Waals surface area contributed by atoms with Crippen molar-refractivity contribution in [1.29, 1.82) is 0 Å². The van der Waals surface area contributed by atoms with E-state index in [0.717, 1.165) is 5.56 Å². The Labute approximate surface area is 92.7 Å². The fraction of sp³-hybridized carbons (Fsp3) is 0.400. The molecule has 0 spiro atoms. The first-order valence-corrected chi connectivity index (χ1v) is 4.95. The first-order chi connectivity index (χ1) is 7.67. The second-order valence-corrected chi connectivity index (χ2v) is 3.49. The number of nitrogens with two attached hydrogens (primary N) is 1. The molecule has 0 aliphatic heterocycles. The van der Waals surface area contributed by atoms with Crippen LogP contribution in [0.5, 0.6) is 0 Å². The third-order valence-corrected chi connectivity index (χ3v) is 2.30. The van der Waals surface area contributed by atoms with Gasteiger partial charge >= 0.3 is 0 Å². The number of benzene rings is 1. The maximum Gasteiger partial charge on any atom is 0.269 e. The molecule has 1 rings (SSSR count). The van der Waals surface area contributed by atoms with Crippen molar-refractivity contribution in [2.24, 2.45) is 0 Å². The number of hydrogen-bond acceptors (Lipinski definition) is 4. The lowest BCUT2D eigenvalue weighted by Crippen LogP contribution is -2.90. The Morgan fingerprint density at radius 2 is 1.81 bits per heavy atom. The highest BCUT2D eigenvalue weighted by Crippen LogP contribution is 2.10. The zero-order chi connectivity index (χ0) is 12.0. The number of nitro groups is 1. The van der Waals surface area contributed by atoms with Gasteiger partial charge in [0, 0.05) is 17.7 Å². The second-order valence-electron chi connectivity index (χ2n) is 3.49. The van der Waals surface area contributed by atoms with E-state index < -0.39 is 4.92 Å². The van der Waals surface area contributed by atoms with Crippen LogP contribution < -0.4 is 5.32 Å². The van der Waals surface area contributed by atoms with Gasteiger partial charge in [0.2, 0.25) is 0 Å². The summed E-state index contributed by atoms with van der Waals surface area (Å²) in [5.41, 5.74) is 0.974. The molecule has 0 fully saturated rings. The molecule has 16 heavy (non-hydrogen) atoms. The number of non-ortho nitro benzene ring substituents is 1. The summed E-state index contributed by atoms with van der Waals surface area (Å²) in [5, 5.41) is 29.9. The third kappa shape index (κ3) is 3.58. The molecule has 0 radical (unpaired) electrons. The van der Waals surface area contributed by atoms with Crippen molar-refractivity contribution in [1.82, 2.24) is 0 Å². The van der Waals surface area contributed by atoms with Gasteiger partial charge in [-0.1, -0.05) is 0 Å². The van der Waals surface area contributed by atoms with Crippen molar-refractivity contribution in [3.05, 3.63) is 39.9 Å². The van der Waals surface area contributed by atoms with Gasteiger partial charge in [0.1, 0.15) is 12.6 Å². The van der Waals surface area contributed by atoms with E-state index in [1.807, 2.05) is 0 Å². The molecule has 6 heteroatoms. The van der Waals surface area contributed by atoms with Gasteiger partial charge in [-0.05, 0) is 12.1 Å². The van der Waals surface area contributed by atoms with Crippen LogP contribution in [0.15, 0.2) is 24.3 Å². The number of quaternary nitrogens is 1. The molecule has 1 aromatic carbocycles. The van der Waals surface area contributed by atoms with Crippen LogP contribution in [0.4, 0.5) is 5.69 Å². The topological polar surface area (TPSA) is 100 Å². The smallest absolute Gasteiger partial charge is 0.269 e. The molecule has 0 heterocycles. The maximum absolute atomic E-state index is 10.4. The van der Waals surface area contributed by atoms with E-state index in [2.05, 4.69) is 0 Å². The summed E-state index contributed by atoms with van der Waals surface area (Å²) in [6.07, 6.45) is 0. The van der Waals surface area contributed by atoms with Crippen LogP contribution in [-0.2, 0) is 6.54 Å². The molecule has 0 aliphatic carbocycles. The summed E-state index contributed by atoms with van der Waals surface area (Å²) < 4.78 is 0. The summed E-state index contributed by atoms with van der Waals surface area (Å²) in [7, 11) is 0. The normalized spacial score (nSPS) is 10.7. The fourth-order valence-corrected chi connectivity index (χ4v) is 1.26. The van der Waals surface area contributed by atoms with Crippen molar-refractivity contribution >= 4 is 5.69 Å². The summed E-state index contributed by atoms with van der Waals surface area (Å²) in [6, 6.07) is 5.97. The molecule has 0 aliphatic rings. The molecular weight excluding hydrogens is 212 g/mol. The minimum Gasteiger partial charge on any atom is -0.390 e. The predicted octanol–water partition coefficient (Wildman–Crippen LogP) is -0.989. The molecule has 0 amide bonds. The Kier molecular flexibility index (Phi) is 4.84. The zero-order valence-electron chi connectivity index (χ0n) is 8.74. The highest BCUT2D eigenvalue weighted by Gasteiger charge is 2.09. The van der Waals surface area contributed by atoms with Crippen LogP contribution in [-0.4, -0.2) is 34.4 Å². The first kappa shape index (κ1) is 12.6. The van der Waals surface area contributed by atoms with Gasteiger partial charge in [0.15, 0.2) is 0 Å². The lowest BCUT2D eigenvalue weighted by molar-refractivity contribution is -0.707. The van der Waals surface area contributed by atoms with Crippen molar-refractivity contribution in [2.75, 3.05) is 13.2 Å². The van der Waals surface area contributed by atoms with E-state index in [-0.39, 0.29) is 24.9 Å². The van der Waals surface area contributed by atoms with E-state index in [0.29, 0.717) is 6.54 Å². The summed E-state index contributed by atoms with van der Waals surface area (Å²) in [5.74, 6) is 0. The van der Waals surface area contributed by atoms with Crippen LogP contribution in [0, 0.1) is 10.1 Å². The van der Waals surface area contributed by atoms with Crippen LogP contribution in [0.3, 0.4) is 0 Å². The van der Waals surface area contributed by atoms with Gasteiger partial charge in [-0.3, -0.25) is 10.1 Å². The average molecular weight is 227 g/mol. The molecule has 1 aromatic rings. The van der Waals surface area contributed by atoms with Gasteiger partial charge in [-0.2, -0.15) is 0 Å². The molecule has 0 atom stereocenters. The van der Waals surface area contributed by atoms with Gasteiger partial charge in [0.25, 0.3) is 5.69 Å². The van der Waals surface area contributed by atoms with Crippen molar-refractivity contribution in [2.45, 2.75) is 12.6 Å². The average Bonchev–Trinajstić information content (AvgIpc) is 2.31. The fourth-order valence-electron chi connectivity index (χ4n) is 1.26. The molecule has 0 saturated heterocycles. The lowest BCUT2D eigenvalue weighted by atomic mass is 10.2. The number of nitro benzene ring substituents is 1. The van der Waals surface area contributed by atoms with Crippen LogP contribution in [0.25, 0.3) is 0 Å². The van der Waals surface area contributed by atoms with Crippen molar-refractivity contribution < 1.29 is 20.5 Å². The Morgan fingerprint density at radius 1 is 1.25 bits per heavy atom. The Hall–Kier alpha value is -1.50. The number of aliphatic hydroxyl groups is 2. The Bertz CT molecular complexity index is 335. The van der Waals surface area contributed by atoms with Crippen molar-refractivity contribution in [3.8, 4) is 0 Å². The molecular formula is C10H15N2O4+. The van der Waals surface area contributed by atoms with Crippen LogP contribution in [0.1, 0.15) is 5.56 Å². The predicted molar refractivity (Wildman–Crippen MR) is 56.7 cm³/mol. The minimum atomic E-state index is -0.447. The number of nitrogens with zero attached hydrogens (tertiary/aromatic N) is 1. The van der Waals surface area contributed by atoms with E-state index >= 15 is 0 Å². The van der Waals surface area contributed by atoms with Gasteiger partial charge in [-0.15, -0.1) is 0 Å². The Balaban J connectivity index is 2.52. The van der Waals surface area contributed by atoms with E-state index in [1.165, 1.54) is 12.1 Å². The third-order valence-electron chi connectivity index (χ3n) is 2.30. The molecule has 4 N–H and O–H groups in total. The van der Waals surface area contributed by atoms with Gasteiger partial charge in [0.05, 0.1) is 18.1 Å². The largest absolute Gasteiger partial charge is 0.390 e. The van der Waals surface area contributed by atoms with Gasteiger partial charge < -0.3 is 15.5 Å². The SMILES string of the molecule is O=[N+]([O-])c1ccc(C[NH2+]C(CO)CO)cc1. The lowest BCUT2D eigenvalue weighted by Gasteiger charge is -2.09. The first-order valence-electron chi connectivity index (χ1n) is 4.95. The van der Waals surface area contributed by atoms with Crippen molar-refractivity contribution in [3.63, 3.8) is 0 Å². The zero-order valence-corrected chi connectivity index (χ0v) is 8.74. The monoisotopic (exact) mass is 227 g/mol. The quantitative estimate of drug-likeness (QED) is 0.429. The number of rotatable bonds is 6. The maximum atomic E-state index is 10.4. The Morgan fingerprint density at radius 3 is 2.25 bits per heavy atom.